The van der Waals surface area contributed by atoms with E-state index in [9.17, 15) is 4.79 Å². The number of aryl methyl sites for hydroxylation is 1. The molecule has 1 aromatic heterocycles. The number of anilines is 1. The number of hydrogen-bond donors (Lipinski definition) is 2. The first-order chi connectivity index (χ1) is 7.75. The molecule has 5 heteroatoms. The number of aromatic nitrogens is 1. The third kappa shape index (κ3) is 2.96. The van der Waals surface area contributed by atoms with Crippen LogP contribution in [0.5, 0.6) is 0 Å². The van der Waals surface area contributed by atoms with Gasteiger partial charge in [-0.1, -0.05) is 0 Å². The molecule has 0 aliphatic carbocycles. The minimum absolute atomic E-state index is 0.0274. The molecule has 0 bridgehead atoms. The van der Waals surface area contributed by atoms with Gasteiger partial charge in [0.1, 0.15) is 0 Å². The Morgan fingerprint density at radius 2 is 2.50 bits per heavy atom. The predicted molar refractivity (Wildman–Crippen MR) is 66.7 cm³/mol. The van der Waals surface area contributed by atoms with Gasteiger partial charge in [0.05, 0.1) is 17.9 Å². The van der Waals surface area contributed by atoms with Crippen LogP contribution in [0.25, 0.3) is 0 Å². The van der Waals surface area contributed by atoms with Crippen molar-refractivity contribution in [1.29, 1.82) is 0 Å². The lowest BCUT2D eigenvalue weighted by molar-refractivity contribution is -0.117. The minimum atomic E-state index is -0.0840. The molecule has 1 fully saturated rings. The van der Waals surface area contributed by atoms with E-state index >= 15 is 0 Å². The van der Waals surface area contributed by atoms with E-state index in [2.05, 4.69) is 15.6 Å². The summed E-state index contributed by atoms with van der Waals surface area (Å²) in [7, 11) is 0. The molecule has 86 valence electrons. The Labute approximate surface area is 99.2 Å². The highest BCUT2D eigenvalue weighted by atomic mass is 32.2. The van der Waals surface area contributed by atoms with Crippen molar-refractivity contribution in [3.63, 3.8) is 0 Å². The van der Waals surface area contributed by atoms with E-state index in [0.717, 1.165) is 29.3 Å². The van der Waals surface area contributed by atoms with Crippen molar-refractivity contribution in [3.05, 3.63) is 24.0 Å². The van der Waals surface area contributed by atoms with Gasteiger partial charge < -0.3 is 10.6 Å². The Morgan fingerprint density at radius 3 is 3.19 bits per heavy atom. The zero-order valence-electron chi connectivity index (χ0n) is 9.19. The second kappa shape index (κ2) is 5.32. The molecule has 2 N–H and O–H groups in total. The molecule has 1 unspecified atom stereocenters. The van der Waals surface area contributed by atoms with Crippen LogP contribution in [0.2, 0.25) is 0 Å². The Hall–Kier alpha value is -1.07. The van der Waals surface area contributed by atoms with Crippen LogP contribution in [-0.2, 0) is 4.79 Å². The Bertz CT molecular complexity index is 377. The van der Waals surface area contributed by atoms with Crippen LogP contribution in [-0.4, -0.2) is 35.0 Å². The second-order valence-electron chi connectivity index (χ2n) is 3.82. The summed E-state index contributed by atoms with van der Waals surface area (Å²) in [6, 6.07) is 1.83. The van der Waals surface area contributed by atoms with E-state index in [1.54, 1.807) is 24.2 Å². The van der Waals surface area contributed by atoms with Gasteiger partial charge in [-0.15, -0.1) is 0 Å². The summed E-state index contributed by atoms with van der Waals surface area (Å²) < 4.78 is 0. The van der Waals surface area contributed by atoms with Crippen LogP contribution in [0.4, 0.5) is 5.69 Å². The number of hydrogen-bond acceptors (Lipinski definition) is 4. The molecule has 1 aliphatic rings. The van der Waals surface area contributed by atoms with Crippen LogP contribution in [0.15, 0.2) is 18.5 Å². The molecule has 1 atom stereocenters. The molecule has 0 spiro atoms. The van der Waals surface area contributed by atoms with Gasteiger partial charge in [-0.3, -0.25) is 9.78 Å². The second-order valence-corrected chi connectivity index (χ2v) is 4.97. The van der Waals surface area contributed by atoms with Gasteiger partial charge in [0.25, 0.3) is 0 Å². The van der Waals surface area contributed by atoms with Crippen LogP contribution in [0.1, 0.15) is 5.56 Å². The minimum Gasteiger partial charge on any atom is -0.323 e. The van der Waals surface area contributed by atoms with Gasteiger partial charge in [0, 0.05) is 24.2 Å². The highest BCUT2D eigenvalue weighted by Crippen LogP contribution is 2.11. The fourth-order valence-electron chi connectivity index (χ4n) is 1.59. The van der Waals surface area contributed by atoms with E-state index in [1.165, 1.54) is 0 Å². The van der Waals surface area contributed by atoms with Gasteiger partial charge in [-0.05, 0) is 18.6 Å². The SMILES string of the molecule is Cc1cncc(NC(=O)C2CSCCN2)c1. The molecular formula is C11H15N3OS. The maximum atomic E-state index is 11.9. The predicted octanol–water partition coefficient (Wildman–Crippen LogP) is 1.03. The third-order valence-corrected chi connectivity index (χ3v) is 3.44. The number of nitrogens with zero attached hydrogens (tertiary/aromatic N) is 1. The molecular weight excluding hydrogens is 222 g/mol. The van der Waals surface area contributed by atoms with Gasteiger partial charge in [-0.25, -0.2) is 0 Å². The van der Waals surface area contributed by atoms with Gasteiger partial charge in [-0.2, -0.15) is 11.8 Å². The molecule has 2 heterocycles. The lowest BCUT2D eigenvalue weighted by atomic mass is 10.2. The lowest BCUT2D eigenvalue weighted by Crippen LogP contribution is -2.46. The fraction of sp³-hybridized carbons (Fsp3) is 0.455. The number of carbonyl (C=O) groups is 1. The summed E-state index contributed by atoms with van der Waals surface area (Å²) in [6.45, 7) is 2.85. The Balaban J connectivity index is 1.96. The smallest absolute Gasteiger partial charge is 0.242 e. The van der Waals surface area contributed by atoms with Crippen molar-refractivity contribution < 1.29 is 4.79 Å². The van der Waals surface area contributed by atoms with Gasteiger partial charge in [0.15, 0.2) is 0 Å². The van der Waals surface area contributed by atoms with E-state index < -0.39 is 0 Å². The first-order valence-electron chi connectivity index (χ1n) is 5.29. The highest BCUT2D eigenvalue weighted by molar-refractivity contribution is 7.99. The quantitative estimate of drug-likeness (QED) is 0.807. The fourth-order valence-corrected chi connectivity index (χ4v) is 2.52. The Morgan fingerprint density at radius 1 is 1.62 bits per heavy atom. The molecule has 16 heavy (non-hydrogen) atoms. The number of amides is 1. The summed E-state index contributed by atoms with van der Waals surface area (Å²) >= 11 is 1.81. The maximum absolute atomic E-state index is 11.9. The average molecular weight is 237 g/mol. The van der Waals surface area contributed by atoms with E-state index in [1.807, 2.05) is 13.0 Å². The van der Waals surface area contributed by atoms with Crippen molar-refractivity contribution in [2.75, 3.05) is 23.4 Å². The van der Waals surface area contributed by atoms with Crippen molar-refractivity contribution >= 4 is 23.4 Å². The van der Waals surface area contributed by atoms with Crippen LogP contribution < -0.4 is 10.6 Å². The lowest BCUT2D eigenvalue weighted by Gasteiger charge is -2.22. The Kier molecular flexibility index (Phi) is 3.79. The summed E-state index contributed by atoms with van der Waals surface area (Å²) in [5.74, 6) is 1.94. The summed E-state index contributed by atoms with van der Waals surface area (Å²) in [5, 5.41) is 6.08. The molecule has 2 rings (SSSR count). The third-order valence-electron chi connectivity index (χ3n) is 2.38. The van der Waals surface area contributed by atoms with E-state index in [4.69, 9.17) is 0 Å². The molecule has 1 amide bonds. The van der Waals surface area contributed by atoms with Crippen LogP contribution in [0.3, 0.4) is 0 Å². The van der Waals surface area contributed by atoms with Crippen molar-refractivity contribution in [1.82, 2.24) is 10.3 Å². The standard InChI is InChI=1S/C11H15N3OS/c1-8-4-9(6-12-5-8)14-11(15)10-7-16-3-2-13-10/h4-6,10,13H,2-3,7H2,1H3,(H,14,15). The summed E-state index contributed by atoms with van der Waals surface area (Å²) in [4.78, 5) is 15.9. The number of nitrogens with one attached hydrogen (secondary N) is 2. The average Bonchev–Trinajstić information content (AvgIpc) is 2.30. The summed E-state index contributed by atoms with van der Waals surface area (Å²) in [5.41, 5.74) is 1.81. The van der Waals surface area contributed by atoms with Gasteiger partial charge >= 0.3 is 0 Å². The molecule has 0 saturated carbocycles. The number of carbonyl (C=O) groups excluding carboxylic acids is 1. The maximum Gasteiger partial charge on any atom is 0.242 e. The molecule has 1 aliphatic heterocycles. The van der Waals surface area contributed by atoms with Crippen LogP contribution in [0, 0.1) is 6.92 Å². The number of thioether (sulfide) groups is 1. The van der Waals surface area contributed by atoms with Crippen molar-refractivity contribution in [3.8, 4) is 0 Å². The number of rotatable bonds is 2. The van der Waals surface area contributed by atoms with E-state index in [0.29, 0.717) is 0 Å². The first-order valence-corrected chi connectivity index (χ1v) is 6.45. The van der Waals surface area contributed by atoms with E-state index in [-0.39, 0.29) is 11.9 Å². The molecule has 0 radical (unpaired) electrons. The topological polar surface area (TPSA) is 54.0 Å². The zero-order chi connectivity index (χ0) is 11.4. The summed E-state index contributed by atoms with van der Waals surface area (Å²) in [6.07, 6.45) is 3.44. The molecule has 4 nitrogen and oxygen atoms in total. The monoisotopic (exact) mass is 237 g/mol. The zero-order valence-corrected chi connectivity index (χ0v) is 10.0. The first kappa shape index (κ1) is 11.4. The van der Waals surface area contributed by atoms with Gasteiger partial charge in [0.2, 0.25) is 5.91 Å². The van der Waals surface area contributed by atoms with Crippen LogP contribution >= 0.6 is 11.8 Å². The molecule has 0 aromatic carbocycles. The van der Waals surface area contributed by atoms with Crippen molar-refractivity contribution in [2.45, 2.75) is 13.0 Å². The largest absolute Gasteiger partial charge is 0.323 e. The van der Waals surface area contributed by atoms with Crippen molar-refractivity contribution in [2.24, 2.45) is 0 Å². The molecule has 1 aromatic rings. The number of pyridine rings is 1. The normalized spacial score (nSPS) is 20.4. The highest BCUT2D eigenvalue weighted by Gasteiger charge is 2.20. The molecule has 1 saturated heterocycles.